The molecule has 27 heavy (non-hydrogen) atoms. The first-order valence-electron chi connectivity index (χ1n) is 10.0. The molecule has 2 N–H and O–H groups in total. The van der Waals surface area contributed by atoms with Gasteiger partial charge < -0.3 is 20.3 Å². The lowest BCUT2D eigenvalue weighted by Gasteiger charge is -2.35. The summed E-state index contributed by atoms with van der Waals surface area (Å²) in [6, 6.07) is 0.689. The lowest BCUT2D eigenvalue weighted by atomic mass is 10.0. The normalized spacial score (nSPS) is 24.3. The van der Waals surface area contributed by atoms with Gasteiger partial charge in [0.1, 0.15) is 5.60 Å². The van der Waals surface area contributed by atoms with E-state index in [0.29, 0.717) is 6.04 Å². The van der Waals surface area contributed by atoms with E-state index >= 15 is 0 Å². The van der Waals surface area contributed by atoms with Crippen molar-refractivity contribution < 1.29 is 9.53 Å². The van der Waals surface area contributed by atoms with Gasteiger partial charge >= 0.3 is 6.09 Å². The van der Waals surface area contributed by atoms with Gasteiger partial charge in [-0.1, -0.05) is 13.3 Å². The number of ether oxygens (including phenoxy) is 1. The molecule has 0 saturated carbocycles. The highest BCUT2D eigenvalue weighted by atomic mass is 127. The minimum Gasteiger partial charge on any atom is -0.444 e. The molecule has 0 radical (unpaired) electrons. The summed E-state index contributed by atoms with van der Waals surface area (Å²) in [5.41, 5.74) is -0.467. The van der Waals surface area contributed by atoms with Crippen molar-refractivity contribution in [1.29, 1.82) is 0 Å². The molecule has 2 aliphatic rings. The monoisotopic (exact) mass is 495 g/mol. The maximum atomic E-state index is 12.0. The van der Waals surface area contributed by atoms with Gasteiger partial charge in [-0.05, 0) is 53.1 Å². The number of piperidine rings is 1. The number of amides is 1. The van der Waals surface area contributed by atoms with E-state index in [0.717, 1.165) is 38.6 Å². The van der Waals surface area contributed by atoms with Gasteiger partial charge in [-0.15, -0.1) is 24.0 Å². The summed E-state index contributed by atoms with van der Waals surface area (Å²) < 4.78 is 5.35. The van der Waals surface area contributed by atoms with Crippen molar-refractivity contribution in [2.75, 3.05) is 39.8 Å². The summed E-state index contributed by atoms with van der Waals surface area (Å²) in [6.07, 6.45) is 4.44. The summed E-state index contributed by atoms with van der Waals surface area (Å²) in [5, 5.41) is 6.52. The molecule has 1 amide bonds. The van der Waals surface area contributed by atoms with Gasteiger partial charge in [-0.25, -0.2) is 4.79 Å². The molecule has 0 aromatic carbocycles. The number of nitrogens with zero attached hydrogens (tertiary/aromatic N) is 3. The number of rotatable bonds is 4. The van der Waals surface area contributed by atoms with Crippen LogP contribution in [0.3, 0.4) is 0 Å². The Morgan fingerprint density at radius 1 is 1.22 bits per heavy atom. The van der Waals surface area contributed by atoms with Gasteiger partial charge in [-0.2, -0.15) is 0 Å². The van der Waals surface area contributed by atoms with Gasteiger partial charge in [-0.3, -0.25) is 9.89 Å². The molecule has 2 aliphatic heterocycles. The number of carbonyl (C=O) groups excluding carboxylic acids is 1. The Kier molecular flexibility index (Phi) is 10.1. The Morgan fingerprint density at radius 2 is 1.96 bits per heavy atom. The first-order chi connectivity index (χ1) is 12.3. The number of halogens is 1. The van der Waals surface area contributed by atoms with Crippen LogP contribution in [-0.4, -0.2) is 79.3 Å². The molecule has 0 aromatic rings. The third-order valence-electron chi connectivity index (χ3n) is 5.07. The average molecular weight is 495 g/mol. The molecule has 0 aromatic heterocycles. The van der Waals surface area contributed by atoms with Crippen LogP contribution in [0.2, 0.25) is 0 Å². The van der Waals surface area contributed by atoms with Crippen LogP contribution in [0.25, 0.3) is 0 Å². The van der Waals surface area contributed by atoms with E-state index < -0.39 is 5.60 Å². The molecule has 8 heteroatoms. The van der Waals surface area contributed by atoms with Crippen molar-refractivity contribution in [1.82, 2.24) is 20.4 Å². The number of hydrogen-bond donors (Lipinski definition) is 2. The lowest BCUT2D eigenvalue weighted by molar-refractivity contribution is 0.0507. The average Bonchev–Trinajstić information content (AvgIpc) is 3.02. The first kappa shape index (κ1) is 24.3. The quantitative estimate of drug-likeness (QED) is 0.357. The molecule has 0 aliphatic carbocycles. The topological polar surface area (TPSA) is 69.2 Å². The number of carbonyl (C=O) groups is 1. The molecule has 2 unspecified atom stereocenters. The van der Waals surface area contributed by atoms with Gasteiger partial charge in [0.15, 0.2) is 5.96 Å². The van der Waals surface area contributed by atoms with E-state index in [4.69, 9.17) is 4.74 Å². The van der Waals surface area contributed by atoms with E-state index in [1.54, 1.807) is 0 Å². The Bertz CT molecular complexity index is 495. The molecular weight excluding hydrogens is 457 g/mol. The molecule has 2 heterocycles. The third kappa shape index (κ3) is 8.01. The van der Waals surface area contributed by atoms with Crippen molar-refractivity contribution in [2.24, 2.45) is 4.99 Å². The molecular formula is C19H38IN5O2. The number of nitrogens with one attached hydrogen (secondary N) is 2. The number of likely N-dealkylation sites (tertiary alicyclic amines) is 2. The second kappa shape index (κ2) is 11.3. The second-order valence-corrected chi connectivity index (χ2v) is 8.28. The Labute approximate surface area is 181 Å². The van der Waals surface area contributed by atoms with Crippen LogP contribution in [0.5, 0.6) is 0 Å². The number of alkyl carbamates (subject to hydrolysis) is 1. The molecule has 158 valence electrons. The second-order valence-electron chi connectivity index (χ2n) is 8.28. The van der Waals surface area contributed by atoms with Crippen LogP contribution in [0.15, 0.2) is 4.99 Å². The highest BCUT2D eigenvalue weighted by Crippen LogP contribution is 2.16. The van der Waals surface area contributed by atoms with Crippen LogP contribution in [0.1, 0.15) is 53.4 Å². The maximum Gasteiger partial charge on any atom is 0.407 e. The maximum absolute atomic E-state index is 12.0. The molecule has 2 saturated heterocycles. The Balaban J connectivity index is 0.00000364. The molecule has 2 atom stereocenters. The zero-order valence-electron chi connectivity index (χ0n) is 17.6. The van der Waals surface area contributed by atoms with E-state index in [1.807, 2.05) is 27.8 Å². The summed E-state index contributed by atoms with van der Waals surface area (Å²) >= 11 is 0. The number of guanidine groups is 1. The van der Waals surface area contributed by atoms with Gasteiger partial charge in [0.05, 0.1) is 6.04 Å². The third-order valence-corrected chi connectivity index (χ3v) is 5.07. The summed E-state index contributed by atoms with van der Waals surface area (Å²) in [4.78, 5) is 21.2. The van der Waals surface area contributed by atoms with Crippen molar-refractivity contribution in [3.05, 3.63) is 0 Å². The summed E-state index contributed by atoms with van der Waals surface area (Å²) in [7, 11) is 1.83. The fourth-order valence-corrected chi connectivity index (χ4v) is 3.79. The van der Waals surface area contributed by atoms with E-state index in [2.05, 4.69) is 32.3 Å². The summed E-state index contributed by atoms with van der Waals surface area (Å²) in [5.74, 6) is 0.931. The highest BCUT2D eigenvalue weighted by molar-refractivity contribution is 14.0. The SMILES string of the molecule is CCN1CCCCC1CNC(=NC)N1CCC(NC(=O)OC(C)(C)C)C1.I. The standard InChI is InChI=1S/C19H37N5O2.HI/c1-6-23-11-8-7-9-16(23)13-21-17(20-5)24-12-10-15(14-24)22-18(25)26-19(2,3)4;/h15-16H,6-14H2,1-5H3,(H,20,21)(H,22,25);1H. The van der Waals surface area contributed by atoms with Crippen LogP contribution in [-0.2, 0) is 4.74 Å². The zero-order valence-corrected chi connectivity index (χ0v) is 19.9. The van der Waals surface area contributed by atoms with Crippen LogP contribution < -0.4 is 10.6 Å². The molecule has 0 spiro atoms. The smallest absolute Gasteiger partial charge is 0.407 e. The largest absolute Gasteiger partial charge is 0.444 e. The van der Waals surface area contributed by atoms with Gasteiger partial charge in [0, 0.05) is 32.7 Å². The van der Waals surface area contributed by atoms with E-state index in [-0.39, 0.29) is 36.1 Å². The number of likely N-dealkylation sites (N-methyl/N-ethyl adjacent to an activating group) is 1. The minimum atomic E-state index is -0.467. The van der Waals surface area contributed by atoms with Crippen LogP contribution >= 0.6 is 24.0 Å². The fraction of sp³-hybridized carbons (Fsp3) is 0.895. The van der Waals surface area contributed by atoms with Crippen molar-refractivity contribution in [2.45, 2.75) is 71.1 Å². The number of hydrogen-bond acceptors (Lipinski definition) is 4. The molecule has 7 nitrogen and oxygen atoms in total. The van der Waals surface area contributed by atoms with E-state index in [9.17, 15) is 4.79 Å². The van der Waals surface area contributed by atoms with Crippen LogP contribution in [0.4, 0.5) is 4.79 Å². The molecule has 2 rings (SSSR count). The van der Waals surface area contributed by atoms with Crippen molar-refractivity contribution in [3.8, 4) is 0 Å². The summed E-state index contributed by atoms with van der Waals surface area (Å²) in [6.45, 7) is 12.8. The van der Waals surface area contributed by atoms with E-state index in [1.165, 1.54) is 25.8 Å². The predicted molar refractivity (Wildman–Crippen MR) is 121 cm³/mol. The Morgan fingerprint density at radius 3 is 2.59 bits per heavy atom. The number of aliphatic imine (C=N–C) groups is 1. The first-order valence-corrected chi connectivity index (χ1v) is 10.0. The minimum absolute atomic E-state index is 0. The predicted octanol–water partition coefficient (Wildman–Crippen LogP) is 2.65. The molecule has 2 fully saturated rings. The Hall–Kier alpha value is -0.770. The zero-order chi connectivity index (χ0) is 19.2. The van der Waals surface area contributed by atoms with Gasteiger partial charge in [0.25, 0.3) is 0 Å². The van der Waals surface area contributed by atoms with Crippen LogP contribution in [0, 0.1) is 0 Å². The molecule has 0 bridgehead atoms. The highest BCUT2D eigenvalue weighted by Gasteiger charge is 2.28. The fourth-order valence-electron chi connectivity index (χ4n) is 3.79. The lowest BCUT2D eigenvalue weighted by Crippen LogP contribution is -2.50. The van der Waals surface area contributed by atoms with Gasteiger partial charge in [0.2, 0.25) is 0 Å². The van der Waals surface area contributed by atoms with Crippen molar-refractivity contribution >= 4 is 36.0 Å². The van der Waals surface area contributed by atoms with Crippen molar-refractivity contribution in [3.63, 3.8) is 0 Å².